The molecule has 10 rings (SSSR count). The highest BCUT2D eigenvalue weighted by atomic mass is 79.9. The molecule has 7 aromatic carbocycles. The van der Waals surface area contributed by atoms with Crippen LogP contribution in [0.2, 0.25) is 0 Å². The van der Waals surface area contributed by atoms with E-state index in [0.717, 1.165) is 70.4 Å². The van der Waals surface area contributed by atoms with Gasteiger partial charge in [0.15, 0.2) is 5.58 Å². The van der Waals surface area contributed by atoms with Gasteiger partial charge in [0.2, 0.25) is 0 Å². The lowest BCUT2D eigenvalue weighted by atomic mass is 9.62. The molecule has 0 saturated carbocycles. The standard InChI is InChI=1S/C42H16B8BrNO2/c43-33-30(34(44)36(46)31(35(33)45)18-9-13-29-24(15-18)20-4-1-2-7-28(20)53-29)17-8-11-25-22(14-17)23-16-19(51)10-12-26(23)52(25)27-6-3-5-21-32-37(47)38(48)39(49)40(50)42(32)54-41(21)27/h1-16H. The first kappa shape index (κ1) is 33.5. The quantitative estimate of drug-likeness (QED) is 0.262. The van der Waals surface area contributed by atoms with Gasteiger partial charge in [-0.05, 0) is 76.9 Å². The summed E-state index contributed by atoms with van der Waals surface area (Å²) in [6.07, 6.45) is 0. The van der Waals surface area contributed by atoms with Crippen molar-refractivity contribution >= 4 is 188 Å². The molecule has 10 aromatic rings. The van der Waals surface area contributed by atoms with Crippen LogP contribution in [0, 0.1) is 0 Å². The van der Waals surface area contributed by atoms with Crippen molar-refractivity contribution in [2.24, 2.45) is 0 Å². The van der Waals surface area contributed by atoms with Crippen molar-refractivity contribution < 1.29 is 8.83 Å². The van der Waals surface area contributed by atoms with Gasteiger partial charge in [0, 0.05) is 36.8 Å². The molecule has 12 heteroatoms. The van der Waals surface area contributed by atoms with E-state index in [-0.39, 0.29) is 16.4 Å². The summed E-state index contributed by atoms with van der Waals surface area (Å²) in [5.74, 6) is 0. The Hall–Kier alpha value is -5.06. The number of furan rings is 2. The maximum Gasteiger partial charge on any atom is 0.159 e. The second-order valence-corrected chi connectivity index (χ2v) is 14.5. The molecule has 0 aliphatic heterocycles. The molecular weight excluding hydrogens is 717 g/mol. The summed E-state index contributed by atoms with van der Waals surface area (Å²) in [7, 11) is 52.8. The summed E-state index contributed by atoms with van der Waals surface area (Å²) in [5, 5.41) is 5.20. The second-order valence-electron chi connectivity index (χ2n) is 13.6. The van der Waals surface area contributed by atoms with Gasteiger partial charge in [0.1, 0.15) is 79.5 Å². The molecule has 0 saturated heterocycles. The number of nitrogens with zero attached hydrogens (tertiary/aromatic N) is 1. The van der Waals surface area contributed by atoms with Crippen LogP contribution < -0.4 is 43.7 Å². The Bertz CT molecular complexity index is 3260. The van der Waals surface area contributed by atoms with Gasteiger partial charge in [-0.25, -0.2) is 0 Å². The zero-order valence-corrected chi connectivity index (χ0v) is 30.1. The number of benzene rings is 7. The van der Waals surface area contributed by atoms with Gasteiger partial charge in [-0.15, -0.1) is 10.9 Å². The van der Waals surface area contributed by atoms with Crippen LogP contribution in [0.15, 0.2) is 110 Å². The van der Waals surface area contributed by atoms with Crippen LogP contribution in [0.1, 0.15) is 0 Å². The molecule has 54 heavy (non-hydrogen) atoms. The monoisotopic (exact) mass is 733 g/mol. The maximum atomic E-state index is 6.89. The molecule has 0 atom stereocenters. The molecule has 3 aromatic heterocycles. The Kier molecular flexibility index (Phi) is 7.43. The fourth-order valence-electron chi connectivity index (χ4n) is 8.03. The van der Waals surface area contributed by atoms with E-state index in [2.05, 4.69) is 32.6 Å². The van der Waals surface area contributed by atoms with Crippen molar-refractivity contribution in [2.75, 3.05) is 0 Å². The average molecular weight is 733 g/mol. The molecule has 232 valence electrons. The lowest BCUT2D eigenvalue weighted by Crippen LogP contribution is -2.47. The first-order valence-electron chi connectivity index (χ1n) is 17.0. The number of hydrogen-bond acceptors (Lipinski definition) is 2. The summed E-state index contributed by atoms with van der Waals surface area (Å²) < 4.78 is 15.6. The van der Waals surface area contributed by atoms with Crippen LogP contribution >= 0.6 is 15.9 Å². The topological polar surface area (TPSA) is 31.2 Å². The fraction of sp³-hybridized carbons (Fsp3) is 0. The molecule has 0 unspecified atom stereocenters. The molecular formula is C42H16B8BrNO2. The predicted octanol–water partition coefficient (Wildman–Crippen LogP) is 3.03. The Morgan fingerprint density at radius 1 is 0.426 bits per heavy atom. The van der Waals surface area contributed by atoms with Gasteiger partial charge in [0.25, 0.3) is 0 Å². The number of fused-ring (bicyclic) bond motifs is 9. The lowest BCUT2D eigenvalue weighted by molar-refractivity contribution is 0.669. The molecule has 0 amide bonds. The molecule has 0 fully saturated rings. The first-order chi connectivity index (χ1) is 26.0. The van der Waals surface area contributed by atoms with E-state index in [1.807, 2.05) is 84.9 Å². The van der Waals surface area contributed by atoms with Gasteiger partial charge in [-0.3, -0.25) is 0 Å². The van der Waals surface area contributed by atoms with Crippen LogP contribution in [-0.2, 0) is 0 Å². The van der Waals surface area contributed by atoms with Crippen molar-refractivity contribution in [3.05, 3.63) is 102 Å². The predicted molar refractivity (Wildman–Crippen MR) is 237 cm³/mol. The van der Waals surface area contributed by atoms with Crippen LogP contribution in [0.25, 0.3) is 93.6 Å². The minimum atomic E-state index is 0.190. The zero-order chi connectivity index (χ0) is 37.3. The normalized spacial score (nSPS) is 12.0. The van der Waals surface area contributed by atoms with Gasteiger partial charge in [-0.2, -0.15) is 0 Å². The third-order valence-corrected chi connectivity index (χ3v) is 11.2. The van der Waals surface area contributed by atoms with E-state index in [1.54, 1.807) is 0 Å². The van der Waals surface area contributed by atoms with E-state index in [9.17, 15) is 0 Å². The maximum absolute atomic E-state index is 6.89. The van der Waals surface area contributed by atoms with Gasteiger partial charge >= 0.3 is 0 Å². The van der Waals surface area contributed by atoms with Crippen LogP contribution in [0.3, 0.4) is 0 Å². The molecule has 0 aliphatic carbocycles. The number of halogens is 1. The van der Waals surface area contributed by atoms with Gasteiger partial charge in [0.05, 0.1) is 16.7 Å². The number of rotatable bonds is 3. The lowest BCUT2D eigenvalue weighted by Gasteiger charge is -2.23. The molecule has 0 aliphatic rings. The van der Waals surface area contributed by atoms with E-state index >= 15 is 0 Å². The number of hydrogen-bond donors (Lipinski definition) is 0. The highest BCUT2D eigenvalue weighted by molar-refractivity contribution is 9.10. The Morgan fingerprint density at radius 2 is 1.00 bits per heavy atom. The largest absolute Gasteiger partial charge is 0.456 e. The molecule has 3 nitrogen and oxygen atoms in total. The zero-order valence-electron chi connectivity index (χ0n) is 28.5. The number of aromatic nitrogens is 1. The third kappa shape index (κ3) is 4.59. The van der Waals surface area contributed by atoms with Crippen molar-refractivity contribution in [3.63, 3.8) is 0 Å². The summed E-state index contributed by atoms with van der Waals surface area (Å²) in [4.78, 5) is 0. The highest BCUT2D eigenvalue weighted by Gasteiger charge is 2.22. The molecule has 0 spiro atoms. The van der Waals surface area contributed by atoms with E-state index < -0.39 is 0 Å². The average Bonchev–Trinajstić information content (AvgIpc) is 3.85. The first-order valence-corrected chi connectivity index (χ1v) is 17.8. The number of para-hydroxylation sites is 2. The minimum Gasteiger partial charge on any atom is -0.456 e. The third-order valence-electron chi connectivity index (χ3n) is 10.7. The summed E-state index contributed by atoms with van der Waals surface area (Å²) >= 11 is 3.68. The Balaban J connectivity index is 1.19. The van der Waals surface area contributed by atoms with E-state index in [0.29, 0.717) is 55.0 Å². The smallest absolute Gasteiger partial charge is 0.159 e. The van der Waals surface area contributed by atoms with E-state index in [1.165, 1.54) is 0 Å². The van der Waals surface area contributed by atoms with Crippen molar-refractivity contribution in [1.82, 2.24) is 4.57 Å². The van der Waals surface area contributed by atoms with Crippen LogP contribution in [0.5, 0.6) is 0 Å². The second kappa shape index (κ2) is 12.0. The molecule has 0 N–H and O–H groups in total. The van der Waals surface area contributed by atoms with Crippen LogP contribution in [-0.4, -0.2) is 67.3 Å². The van der Waals surface area contributed by atoms with Crippen molar-refractivity contribution in [2.45, 2.75) is 0 Å². The Morgan fingerprint density at radius 3 is 1.72 bits per heavy atom. The van der Waals surface area contributed by atoms with Crippen molar-refractivity contribution in [1.29, 1.82) is 0 Å². The van der Waals surface area contributed by atoms with Gasteiger partial charge < -0.3 is 13.4 Å². The Labute approximate surface area is 329 Å². The van der Waals surface area contributed by atoms with Gasteiger partial charge in [-0.1, -0.05) is 91.2 Å². The minimum absolute atomic E-state index is 0.190. The van der Waals surface area contributed by atoms with Crippen LogP contribution in [0.4, 0.5) is 0 Å². The molecule has 3 heterocycles. The molecule has 16 radical (unpaired) electrons. The highest BCUT2D eigenvalue weighted by Crippen LogP contribution is 2.39. The summed E-state index contributed by atoms with van der Waals surface area (Å²) in [6, 6.07) is 31.7. The SMILES string of the molecule is [B]c1c([B])c(-c2ccc3c(c2)c2cc(Br)ccc2n3-c2cccc3c2oc2c([B])c([B])c([B])c([B])c23)c([B])c([B])c1-c1ccc2oc3ccccc3c2c1. The molecule has 0 bridgehead atoms. The van der Waals surface area contributed by atoms with Crippen molar-refractivity contribution in [3.8, 4) is 27.9 Å². The van der Waals surface area contributed by atoms with E-state index in [4.69, 9.17) is 71.6 Å². The fourth-order valence-corrected chi connectivity index (χ4v) is 8.39. The summed E-state index contributed by atoms with van der Waals surface area (Å²) in [6.45, 7) is 0. The summed E-state index contributed by atoms with van der Waals surface area (Å²) in [5.41, 5.74) is 10.1.